The van der Waals surface area contributed by atoms with Gasteiger partial charge >= 0.3 is 0 Å². The molecule has 0 spiro atoms. The van der Waals surface area contributed by atoms with Gasteiger partial charge in [0.25, 0.3) is 6.43 Å². The van der Waals surface area contributed by atoms with Gasteiger partial charge in [0.05, 0.1) is 41.0 Å². The van der Waals surface area contributed by atoms with Crippen LogP contribution in [0.1, 0.15) is 135 Å². The molecule has 10 rings (SSSR count). The van der Waals surface area contributed by atoms with Crippen LogP contribution < -0.4 is 14.5 Å². The lowest BCUT2D eigenvalue weighted by Crippen LogP contribution is -2.42. The average Bonchev–Trinajstić information content (AvgIpc) is 3.88. The summed E-state index contributed by atoms with van der Waals surface area (Å²) in [5, 5.41) is 18.8. The van der Waals surface area contributed by atoms with Crippen LogP contribution in [0.25, 0.3) is 11.1 Å². The molecule has 1 saturated carbocycles. The van der Waals surface area contributed by atoms with Gasteiger partial charge in [-0.2, -0.15) is 15.5 Å². The summed E-state index contributed by atoms with van der Waals surface area (Å²) in [5.74, 6) is 2.89. The maximum Gasteiger partial charge on any atom is 0.264 e. The van der Waals surface area contributed by atoms with E-state index >= 15 is 0 Å². The quantitative estimate of drug-likeness (QED) is 0.0975. The number of hydrogen-bond donors (Lipinski definition) is 0. The fraction of sp³-hybridized carbons (Fsp3) is 0.528. The Morgan fingerprint density at radius 2 is 1.63 bits per heavy atom. The van der Waals surface area contributed by atoms with Crippen molar-refractivity contribution >= 4 is 40.7 Å². The number of anilines is 3. The van der Waals surface area contributed by atoms with Gasteiger partial charge in [-0.3, -0.25) is 19.0 Å². The molecule has 1 aliphatic carbocycles. The number of amides is 1. The first kappa shape index (κ1) is 49.1. The van der Waals surface area contributed by atoms with Crippen LogP contribution >= 0.6 is 11.6 Å². The van der Waals surface area contributed by atoms with Crippen LogP contribution in [0.2, 0.25) is 5.02 Å². The van der Waals surface area contributed by atoms with Gasteiger partial charge in [0, 0.05) is 119 Å². The average molecular weight is 977 g/mol. The second-order valence-electron chi connectivity index (χ2n) is 19.7. The minimum Gasteiger partial charge on any atom is -0.490 e. The Labute approximate surface area is 414 Å². The smallest absolute Gasteiger partial charge is 0.264 e. The Morgan fingerprint density at radius 1 is 0.886 bits per heavy atom. The summed E-state index contributed by atoms with van der Waals surface area (Å²) in [7, 11) is 1.79. The van der Waals surface area contributed by atoms with Crippen LogP contribution in [0.3, 0.4) is 0 Å². The molecule has 4 aliphatic heterocycles. The van der Waals surface area contributed by atoms with Crippen LogP contribution in [-0.2, 0) is 31.2 Å². The molecule has 0 unspecified atom stereocenters. The zero-order valence-corrected chi connectivity index (χ0v) is 41.4. The molecular formula is C53H64ClF2N11O3. The first-order chi connectivity index (χ1) is 33.9. The summed E-state index contributed by atoms with van der Waals surface area (Å²) < 4.78 is 39.1. The first-order valence-corrected chi connectivity index (χ1v) is 25.5. The third-order valence-corrected chi connectivity index (χ3v) is 15.2. The van der Waals surface area contributed by atoms with Crippen molar-refractivity contribution in [2.45, 2.75) is 122 Å². The summed E-state index contributed by atoms with van der Waals surface area (Å²) >= 11 is 5.98. The van der Waals surface area contributed by atoms with E-state index in [2.05, 4.69) is 34.4 Å². The molecule has 0 bridgehead atoms. The molecule has 2 saturated heterocycles. The van der Waals surface area contributed by atoms with Gasteiger partial charge in [-0.1, -0.05) is 24.4 Å². The van der Waals surface area contributed by atoms with Gasteiger partial charge < -0.3 is 24.3 Å². The largest absolute Gasteiger partial charge is 0.490 e. The molecule has 17 heteroatoms. The molecule has 370 valence electrons. The van der Waals surface area contributed by atoms with Crippen LogP contribution in [0.5, 0.6) is 5.75 Å². The third kappa shape index (κ3) is 11.2. The topological polar surface area (TPSA) is 142 Å². The van der Waals surface area contributed by atoms with Gasteiger partial charge in [-0.05, 0) is 112 Å². The molecule has 70 heavy (non-hydrogen) atoms. The number of nitriles is 1. The number of carbonyl (C=O) groups is 2. The van der Waals surface area contributed by atoms with Gasteiger partial charge in [-0.15, -0.1) is 0 Å². The van der Waals surface area contributed by atoms with E-state index < -0.39 is 6.43 Å². The number of fused-ring (bicyclic) bond motifs is 2. The van der Waals surface area contributed by atoms with Crippen molar-refractivity contribution in [2.24, 2.45) is 13.0 Å². The molecule has 3 aromatic heterocycles. The Kier molecular flexibility index (Phi) is 15.4. The van der Waals surface area contributed by atoms with Gasteiger partial charge in [0.1, 0.15) is 11.8 Å². The fourth-order valence-electron chi connectivity index (χ4n) is 11.0. The summed E-state index contributed by atoms with van der Waals surface area (Å²) in [6.07, 6.45) is 18.2. The van der Waals surface area contributed by atoms with E-state index in [1.165, 1.54) is 38.3 Å². The SMILES string of the molecule is CC(=O)c1cnc(N2CCC(CN3CCC(n4nc(N5CCCc6cc(-c7cnn(C)c7)c(C(F)F)cc65)c5c4CCN(C(C)=O)C5)CC3)CC2)nc1.N#Cc1ccc(OC2CCCCCC2)cc1Cl. The van der Waals surface area contributed by atoms with E-state index in [0.717, 1.165) is 119 Å². The van der Waals surface area contributed by atoms with E-state index in [9.17, 15) is 18.4 Å². The number of benzene rings is 2. The number of Topliss-reactive ketones (excluding diaryl/α,β-unsaturated/α-hetero) is 1. The Balaban J connectivity index is 0.000000302. The van der Waals surface area contributed by atoms with E-state index in [-0.39, 0.29) is 23.3 Å². The molecule has 0 N–H and O–H groups in total. The van der Waals surface area contributed by atoms with E-state index in [1.54, 1.807) is 61.6 Å². The highest BCUT2D eigenvalue weighted by Crippen LogP contribution is 2.44. The van der Waals surface area contributed by atoms with Crippen molar-refractivity contribution in [3.63, 3.8) is 0 Å². The minimum atomic E-state index is -2.64. The zero-order chi connectivity index (χ0) is 48.9. The van der Waals surface area contributed by atoms with Gasteiger partial charge in [-0.25, -0.2) is 18.7 Å². The standard InChI is InChI=1S/C39H48F2N10O2.C14H16ClNO/c1-25(52)29-19-42-39(43-20-29)48-14-6-27(7-15-48)22-47-12-8-31(9-13-47)51-35-10-16-49(26(2)53)24-34(35)38(45-51)50-11-4-5-28-17-32(30-21-44-46(3)23-30)33(37(40)41)18-36(28)50;15-14-9-13(8-7-11(14)10-16)17-12-5-3-1-2-4-6-12/h17-21,23,27,31,37H,4-16,22,24H2,1-3H3;7-9,12H,1-6H2. The number of piperidine rings is 2. The molecule has 2 aromatic carbocycles. The highest BCUT2D eigenvalue weighted by Gasteiger charge is 2.35. The van der Waals surface area contributed by atoms with Crippen molar-refractivity contribution in [3.05, 3.63) is 93.7 Å². The number of aromatic nitrogens is 6. The lowest BCUT2D eigenvalue weighted by atomic mass is 9.92. The molecule has 1 amide bonds. The molecule has 5 aliphatic rings. The van der Waals surface area contributed by atoms with Gasteiger partial charge in [0.15, 0.2) is 11.6 Å². The number of aryl methyl sites for hydroxylation is 2. The molecule has 3 fully saturated rings. The first-order valence-electron chi connectivity index (χ1n) is 25.2. The number of ether oxygens (including phenoxy) is 1. The lowest BCUT2D eigenvalue weighted by molar-refractivity contribution is -0.129. The fourth-order valence-corrected chi connectivity index (χ4v) is 11.2. The normalized spacial score (nSPS) is 18.4. The maximum atomic E-state index is 14.7. The summed E-state index contributed by atoms with van der Waals surface area (Å²) in [6.45, 7) is 9.81. The summed E-state index contributed by atoms with van der Waals surface area (Å²) in [5.41, 5.74) is 6.27. The highest BCUT2D eigenvalue weighted by molar-refractivity contribution is 6.31. The molecule has 0 radical (unpaired) electrons. The number of rotatable bonds is 10. The Bertz CT molecular complexity index is 2680. The number of alkyl halides is 2. The van der Waals surface area contributed by atoms with E-state index in [0.29, 0.717) is 64.9 Å². The number of carbonyl (C=O) groups excluding carboxylic acids is 2. The van der Waals surface area contributed by atoms with E-state index in [4.69, 9.17) is 26.7 Å². The number of ketones is 1. The van der Waals surface area contributed by atoms with Crippen LogP contribution in [-0.4, -0.2) is 103 Å². The van der Waals surface area contributed by atoms with Crippen molar-refractivity contribution in [1.82, 2.24) is 39.3 Å². The molecule has 5 aromatic rings. The number of hydrogen-bond acceptors (Lipinski definition) is 11. The lowest BCUT2D eigenvalue weighted by Gasteiger charge is -2.38. The van der Waals surface area contributed by atoms with Gasteiger partial charge in [0.2, 0.25) is 11.9 Å². The maximum absolute atomic E-state index is 14.7. The summed E-state index contributed by atoms with van der Waals surface area (Å²) in [6, 6.07) is 11.2. The van der Waals surface area contributed by atoms with E-state index in [1.807, 2.05) is 23.1 Å². The number of halogens is 3. The molecule has 7 heterocycles. The summed E-state index contributed by atoms with van der Waals surface area (Å²) in [4.78, 5) is 41.9. The second-order valence-corrected chi connectivity index (χ2v) is 20.1. The van der Waals surface area contributed by atoms with Crippen molar-refractivity contribution in [3.8, 4) is 22.9 Å². The van der Waals surface area contributed by atoms with Crippen molar-refractivity contribution < 1.29 is 23.1 Å². The zero-order valence-electron chi connectivity index (χ0n) is 40.6. The predicted octanol–water partition coefficient (Wildman–Crippen LogP) is 10.1. The third-order valence-electron chi connectivity index (χ3n) is 14.9. The monoisotopic (exact) mass is 975 g/mol. The molecule has 14 nitrogen and oxygen atoms in total. The molecule has 0 atom stereocenters. The Morgan fingerprint density at radius 3 is 2.27 bits per heavy atom. The van der Waals surface area contributed by atoms with Crippen LogP contribution in [0, 0.1) is 17.2 Å². The number of nitrogens with zero attached hydrogens (tertiary/aromatic N) is 11. The Hall–Kier alpha value is -5.92. The number of likely N-dealkylation sites (tertiary alicyclic amines) is 1. The van der Waals surface area contributed by atoms with Crippen LogP contribution in [0.4, 0.5) is 26.2 Å². The minimum absolute atomic E-state index is 0.00277. The van der Waals surface area contributed by atoms with Crippen molar-refractivity contribution in [2.75, 3.05) is 55.6 Å². The van der Waals surface area contributed by atoms with Crippen molar-refractivity contribution in [1.29, 1.82) is 5.26 Å². The second kappa shape index (κ2) is 22.0. The highest BCUT2D eigenvalue weighted by atomic mass is 35.5. The predicted molar refractivity (Wildman–Crippen MR) is 266 cm³/mol. The molecular weight excluding hydrogens is 912 g/mol. The van der Waals surface area contributed by atoms with Crippen LogP contribution in [0.15, 0.2) is 55.1 Å².